The highest BCUT2D eigenvalue weighted by atomic mass is 19.4. The zero-order chi connectivity index (χ0) is 11.3. The monoisotopic (exact) mass is 226 g/mol. The molecule has 0 aromatic rings. The van der Waals surface area contributed by atoms with Gasteiger partial charge in [0.2, 0.25) is 6.29 Å². The third-order valence-corrected chi connectivity index (χ3v) is 2.81. The maximum atomic E-state index is 12.6. The van der Waals surface area contributed by atoms with Crippen LogP contribution in [0, 0.1) is 5.92 Å². The Morgan fingerprint density at radius 2 is 2.13 bits per heavy atom. The second kappa shape index (κ2) is 3.08. The number of hydrogen-bond acceptors (Lipinski definition) is 4. The smallest absolute Gasteiger partial charge is 0.418 e. The summed E-state index contributed by atoms with van der Waals surface area (Å²) in [5, 5.41) is 9.54. The minimum atomic E-state index is -4.84. The number of alkyl halides is 3. The van der Waals surface area contributed by atoms with E-state index in [2.05, 4.69) is 4.74 Å². The quantitative estimate of drug-likeness (QED) is 0.614. The van der Waals surface area contributed by atoms with Gasteiger partial charge >= 0.3 is 12.1 Å². The van der Waals surface area contributed by atoms with Crippen molar-refractivity contribution in [3.8, 4) is 0 Å². The molecule has 0 aromatic carbocycles. The van der Waals surface area contributed by atoms with E-state index in [1.54, 1.807) is 0 Å². The normalized spacial score (nSPS) is 41.2. The summed E-state index contributed by atoms with van der Waals surface area (Å²) < 4.78 is 47.3. The van der Waals surface area contributed by atoms with Gasteiger partial charge in [-0.25, -0.2) is 0 Å². The van der Waals surface area contributed by atoms with Crippen LogP contribution in [-0.4, -0.2) is 35.8 Å². The van der Waals surface area contributed by atoms with E-state index in [0.717, 1.165) is 0 Å². The van der Waals surface area contributed by atoms with E-state index in [1.807, 2.05) is 0 Å². The maximum absolute atomic E-state index is 12.6. The van der Waals surface area contributed by atoms with Crippen LogP contribution in [0.2, 0.25) is 0 Å². The molecule has 0 saturated carbocycles. The van der Waals surface area contributed by atoms with Crippen LogP contribution in [0.15, 0.2) is 0 Å². The average molecular weight is 226 g/mol. The van der Waals surface area contributed by atoms with Crippen LogP contribution in [0.1, 0.15) is 12.8 Å². The first-order valence-electron chi connectivity index (χ1n) is 4.45. The second-order valence-corrected chi connectivity index (χ2v) is 3.72. The summed E-state index contributed by atoms with van der Waals surface area (Å²) in [6.07, 6.45) is -7.13. The maximum Gasteiger partial charge on any atom is 0.418 e. The molecule has 0 aliphatic carbocycles. The van der Waals surface area contributed by atoms with Crippen molar-refractivity contribution in [1.82, 2.24) is 0 Å². The zero-order valence-corrected chi connectivity index (χ0v) is 7.58. The Kier molecular flexibility index (Phi) is 2.20. The number of rotatable bonds is 0. The number of fused-ring (bicyclic) bond motifs is 1. The first kappa shape index (κ1) is 10.7. The predicted molar refractivity (Wildman–Crippen MR) is 39.6 cm³/mol. The average Bonchev–Trinajstić information content (AvgIpc) is 2.49. The summed E-state index contributed by atoms with van der Waals surface area (Å²) in [5.74, 6) is -2.30. The molecule has 0 spiro atoms. The number of ether oxygens (including phenoxy) is 2. The van der Waals surface area contributed by atoms with Gasteiger partial charge in [0, 0.05) is 0 Å². The fourth-order valence-electron chi connectivity index (χ4n) is 1.98. The van der Waals surface area contributed by atoms with Crippen molar-refractivity contribution in [3.63, 3.8) is 0 Å². The molecule has 0 radical (unpaired) electrons. The van der Waals surface area contributed by atoms with Crippen LogP contribution in [0.3, 0.4) is 0 Å². The minimum Gasteiger partial charge on any atom is -0.435 e. The van der Waals surface area contributed by atoms with Crippen molar-refractivity contribution in [2.75, 3.05) is 6.61 Å². The molecule has 7 heteroatoms. The second-order valence-electron chi connectivity index (χ2n) is 3.72. The fraction of sp³-hybridized carbons (Fsp3) is 0.875. The third kappa shape index (κ3) is 1.50. The Balaban J connectivity index is 2.32. The highest BCUT2D eigenvalue weighted by Gasteiger charge is 2.65. The van der Waals surface area contributed by atoms with Gasteiger partial charge in [-0.1, -0.05) is 0 Å². The van der Waals surface area contributed by atoms with Gasteiger partial charge in [-0.3, -0.25) is 4.79 Å². The van der Waals surface area contributed by atoms with Crippen molar-refractivity contribution in [2.24, 2.45) is 5.92 Å². The van der Waals surface area contributed by atoms with E-state index < -0.39 is 36.4 Å². The molecule has 3 unspecified atom stereocenters. The summed E-state index contributed by atoms with van der Waals surface area (Å²) in [6.45, 7) is 0.0566. The van der Waals surface area contributed by atoms with Crippen LogP contribution >= 0.6 is 0 Å². The van der Waals surface area contributed by atoms with Crippen LogP contribution < -0.4 is 0 Å². The SMILES string of the molecule is O=C1CC(O)(C(F)(F)F)C2CCOC2O1. The Morgan fingerprint density at radius 1 is 1.47 bits per heavy atom. The van der Waals surface area contributed by atoms with Gasteiger partial charge in [0.1, 0.15) is 0 Å². The summed E-state index contributed by atoms with van der Waals surface area (Å²) in [5.41, 5.74) is -3.01. The lowest BCUT2D eigenvalue weighted by Crippen LogP contribution is -2.59. The molecule has 1 N–H and O–H groups in total. The van der Waals surface area contributed by atoms with Gasteiger partial charge in [0.15, 0.2) is 5.60 Å². The molecule has 2 fully saturated rings. The molecule has 0 bridgehead atoms. The molecule has 0 aromatic heterocycles. The van der Waals surface area contributed by atoms with E-state index in [0.29, 0.717) is 0 Å². The van der Waals surface area contributed by atoms with Gasteiger partial charge in [0.05, 0.1) is 18.9 Å². The Bertz CT molecular complexity index is 290. The van der Waals surface area contributed by atoms with Crippen molar-refractivity contribution in [1.29, 1.82) is 0 Å². The van der Waals surface area contributed by atoms with Crippen molar-refractivity contribution >= 4 is 5.97 Å². The predicted octanol–water partition coefficient (Wildman–Crippen LogP) is 0.589. The highest BCUT2D eigenvalue weighted by molar-refractivity contribution is 5.72. The summed E-state index contributed by atoms with van der Waals surface area (Å²) in [7, 11) is 0. The van der Waals surface area contributed by atoms with Gasteiger partial charge in [0.25, 0.3) is 0 Å². The van der Waals surface area contributed by atoms with E-state index in [9.17, 15) is 23.1 Å². The Labute approximate surface area is 83.0 Å². The molecule has 2 heterocycles. The van der Waals surface area contributed by atoms with Gasteiger partial charge < -0.3 is 14.6 Å². The molecule has 0 amide bonds. The molecule has 86 valence electrons. The van der Waals surface area contributed by atoms with Crippen molar-refractivity contribution in [2.45, 2.75) is 30.9 Å². The molecule has 3 atom stereocenters. The molecule has 4 nitrogen and oxygen atoms in total. The fourth-order valence-corrected chi connectivity index (χ4v) is 1.98. The first-order chi connectivity index (χ1) is 6.84. The van der Waals surface area contributed by atoms with Crippen LogP contribution in [0.5, 0.6) is 0 Å². The number of esters is 1. The van der Waals surface area contributed by atoms with Gasteiger partial charge in [-0.15, -0.1) is 0 Å². The van der Waals surface area contributed by atoms with Crippen molar-refractivity contribution < 1.29 is 32.5 Å². The van der Waals surface area contributed by atoms with Crippen LogP contribution in [0.25, 0.3) is 0 Å². The molecule has 2 aliphatic heterocycles. The molecule has 2 rings (SSSR count). The molecular weight excluding hydrogens is 217 g/mol. The number of carbonyl (C=O) groups excluding carboxylic acids is 1. The lowest BCUT2D eigenvalue weighted by molar-refractivity contribution is -0.313. The lowest BCUT2D eigenvalue weighted by atomic mass is 9.80. The van der Waals surface area contributed by atoms with E-state index >= 15 is 0 Å². The Hall–Kier alpha value is -0.820. The number of halogens is 3. The number of aliphatic hydroxyl groups is 1. The van der Waals surface area contributed by atoms with Crippen LogP contribution in [-0.2, 0) is 14.3 Å². The minimum absolute atomic E-state index is 0.0357. The van der Waals surface area contributed by atoms with E-state index in [1.165, 1.54) is 0 Å². The number of hydrogen-bond donors (Lipinski definition) is 1. The Morgan fingerprint density at radius 3 is 2.73 bits per heavy atom. The standard InChI is InChI=1S/C8H9F3O4/c9-8(10,11)7(13)3-5(12)15-6-4(7)1-2-14-6/h4,6,13H,1-3H2. The van der Waals surface area contributed by atoms with Gasteiger partial charge in [-0.2, -0.15) is 13.2 Å². The first-order valence-corrected chi connectivity index (χ1v) is 4.45. The topological polar surface area (TPSA) is 55.8 Å². The van der Waals surface area contributed by atoms with Crippen LogP contribution in [0.4, 0.5) is 13.2 Å². The molecule has 2 saturated heterocycles. The summed E-state index contributed by atoms with van der Waals surface area (Å²) in [6, 6.07) is 0. The van der Waals surface area contributed by atoms with E-state index in [4.69, 9.17) is 4.74 Å². The lowest BCUT2D eigenvalue weighted by Gasteiger charge is -2.40. The summed E-state index contributed by atoms with van der Waals surface area (Å²) in [4.78, 5) is 10.9. The molecule has 2 aliphatic rings. The highest BCUT2D eigenvalue weighted by Crippen LogP contribution is 2.47. The molecule has 15 heavy (non-hydrogen) atoms. The van der Waals surface area contributed by atoms with Gasteiger partial charge in [-0.05, 0) is 6.42 Å². The van der Waals surface area contributed by atoms with E-state index in [-0.39, 0.29) is 13.0 Å². The number of carbonyl (C=O) groups is 1. The molecular formula is C8H9F3O4. The third-order valence-electron chi connectivity index (χ3n) is 2.81. The zero-order valence-electron chi connectivity index (χ0n) is 7.58. The largest absolute Gasteiger partial charge is 0.435 e. The summed E-state index contributed by atoms with van der Waals surface area (Å²) >= 11 is 0. The van der Waals surface area contributed by atoms with Crippen molar-refractivity contribution in [3.05, 3.63) is 0 Å².